The molecule has 0 spiro atoms. The zero-order chi connectivity index (χ0) is 14.1. The van der Waals surface area contributed by atoms with Crippen LogP contribution in [0.1, 0.15) is 11.3 Å². The third-order valence-electron chi connectivity index (χ3n) is 2.65. The van der Waals surface area contributed by atoms with Crippen LogP contribution in [0.4, 0.5) is 5.69 Å². The molecule has 0 atom stereocenters. The van der Waals surface area contributed by atoms with E-state index in [9.17, 15) is 4.79 Å². The normalized spacial score (nSPS) is 15.9. The molecule has 0 radical (unpaired) electrons. The minimum Gasteiger partial charge on any atom is -0.463 e. The Bertz CT molecular complexity index is 736. The highest BCUT2D eigenvalue weighted by Gasteiger charge is 2.28. The predicted octanol–water partition coefficient (Wildman–Crippen LogP) is 3.36. The summed E-state index contributed by atoms with van der Waals surface area (Å²) in [7, 11) is 0. The number of furan rings is 1. The van der Waals surface area contributed by atoms with Crippen molar-refractivity contribution in [1.82, 2.24) is 0 Å². The Morgan fingerprint density at radius 1 is 1.30 bits per heavy atom. The monoisotopic (exact) mass is 307 g/mol. The highest BCUT2D eigenvalue weighted by atomic mass is 35.5. The van der Waals surface area contributed by atoms with E-state index in [0.717, 1.165) is 0 Å². The van der Waals surface area contributed by atoms with Crippen LogP contribution in [0.2, 0.25) is 10.0 Å². The van der Waals surface area contributed by atoms with Gasteiger partial charge < -0.3 is 9.73 Å². The van der Waals surface area contributed by atoms with Gasteiger partial charge in [0.1, 0.15) is 5.76 Å². The average Bonchev–Trinajstić information content (AvgIpc) is 3.00. The Morgan fingerprint density at radius 3 is 2.90 bits per heavy atom. The number of benzene rings is 1. The Balaban J connectivity index is 1.98. The van der Waals surface area contributed by atoms with Crippen LogP contribution < -0.4 is 5.32 Å². The van der Waals surface area contributed by atoms with Gasteiger partial charge in [0.05, 0.1) is 23.2 Å². The van der Waals surface area contributed by atoms with E-state index in [0.29, 0.717) is 27.1 Å². The number of hydrogen-bond donors (Lipinski definition) is 1. The summed E-state index contributed by atoms with van der Waals surface area (Å²) in [6.45, 7) is 0. The molecule has 7 heteroatoms. The lowest BCUT2D eigenvalue weighted by molar-refractivity contribution is -0.110. The minimum atomic E-state index is -0.374. The van der Waals surface area contributed by atoms with Crippen molar-refractivity contribution in [2.45, 2.75) is 0 Å². The molecule has 2 heterocycles. The number of fused-ring (bicyclic) bond motifs is 1. The zero-order valence-electron chi connectivity index (χ0n) is 9.93. The lowest BCUT2D eigenvalue weighted by Gasteiger charge is -2.00. The first-order valence-corrected chi connectivity index (χ1v) is 6.36. The van der Waals surface area contributed by atoms with E-state index in [2.05, 4.69) is 15.5 Å². The summed E-state index contributed by atoms with van der Waals surface area (Å²) in [5.74, 6) is 0.165. The van der Waals surface area contributed by atoms with Crippen molar-refractivity contribution >= 4 is 46.7 Å². The van der Waals surface area contributed by atoms with Crippen LogP contribution >= 0.6 is 23.2 Å². The lowest BCUT2D eigenvalue weighted by atomic mass is 10.1. The number of nitrogens with one attached hydrogen (secondary N) is 1. The van der Waals surface area contributed by atoms with E-state index in [1.807, 2.05) is 0 Å². The molecule has 0 fully saturated rings. The fourth-order valence-corrected chi connectivity index (χ4v) is 2.33. The Morgan fingerprint density at radius 2 is 2.15 bits per heavy atom. The number of amides is 1. The fraction of sp³-hybridized carbons (Fsp3) is 0. The zero-order valence-corrected chi connectivity index (χ0v) is 11.4. The molecule has 1 aromatic carbocycles. The molecule has 20 heavy (non-hydrogen) atoms. The Labute approximate surface area is 123 Å². The van der Waals surface area contributed by atoms with Gasteiger partial charge in [-0.25, -0.2) is 0 Å². The van der Waals surface area contributed by atoms with Crippen LogP contribution in [-0.2, 0) is 4.79 Å². The van der Waals surface area contributed by atoms with Crippen molar-refractivity contribution in [2.24, 2.45) is 10.2 Å². The van der Waals surface area contributed by atoms with Gasteiger partial charge in [0.2, 0.25) is 0 Å². The third kappa shape index (κ3) is 2.33. The van der Waals surface area contributed by atoms with E-state index in [1.54, 1.807) is 24.3 Å². The summed E-state index contributed by atoms with van der Waals surface area (Å²) in [6, 6.07) is 6.62. The largest absolute Gasteiger partial charge is 0.463 e. The quantitative estimate of drug-likeness (QED) is 0.683. The second kappa shape index (κ2) is 5.11. The number of carbonyl (C=O) groups excluding carboxylic acids is 1. The summed E-state index contributed by atoms with van der Waals surface area (Å²) < 4.78 is 5.07. The minimum absolute atomic E-state index is 0.159. The Kier molecular flexibility index (Phi) is 3.30. The van der Waals surface area contributed by atoms with Crippen LogP contribution in [-0.4, -0.2) is 17.8 Å². The topological polar surface area (TPSA) is 67.0 Å². The number of halogens is 2. The molecule has 3 rings (SSSR count). The van der Waals surface area contributed by atoms with Crippen LogP contribution in [0.15, 0.2) is 45.1 Å². The number of nitrogens with zero attached hydrogens (tertiary/aromatic N) is 2. The number of anilines is 1. The standard InChI is InChI=1S/C13H7Cl2N3O2/c14-7-4-9-11(10(15)5-7)17-13(19)12(9)18-16-6-8-2-1-3-20-8/h1-6H,(H,17,18,19)/b16-6-. The molecule has 0 bridgehead atoms. The van der Waals surface area contributed by atoms with Gasteiger partial charge in [0.25, 0.3) is 5.91 Å². The van der Waals surface area contributed by atoms with Gasteiger partial charge in [-0.05, 0) is 24.3 Å². The fourth-order valence-electron chi connectivity index (χ4n) is 1.79. The molecular formula is C13H7Cl2N3O2. The van der Waals surface area contributed by atoms with Gasteiger partial charge in [0, 0.05) is 10.6 Å². The maximum atomic E-state index is 11.8. The maximum Gasteiger partial charge on any atom is 0.276 e. The summed E-state index contributed by atoms with van der Waals surface area (Å²) in [6.07, 6.45) is 2.93. The highest BCUT2D eigenvalue weighted by Crippen LogP contribution is 2.34. The van der Waals surface area contributed by atoms with Crippen molar-refractivity contribution in [3.8, 4) is 0 Å². The molecule has 1 N–H and O–H groups in total. The first-order chi connectivity index (χ1) is 9.65. The van der Waals surface area contributed by atoms with Crippen molar-refractivity contribution in [3.63, 3.8) is 0 Å². The molecule has 0 saturated carbocycles. The SMILES string of the molecule is O=C1Nc2c(Cl)cc(Cl)cc2/C1=N\N=C/c1ccco1. The molecule has 0 unspecified atom stereocenters. The smallest absolute Gasteiger partial charge is 0.276 e. The van der Waals surface area contributed by atoms with Gasteiger partial charge in [-0.3, -0.25) is 4.79 Å². The molecule has 0 saturated heterocycles. The molecule has 1 aliphatic rings. The second-order valence-electron chi connectivity index (χ2n) is 3.97. The van der Waals surface area contributed by atoms with Crippen molar-refractivity contribution in [3.05, 3.63) is 51.9 Å². The van der Waals surface area contributed by atoms with Crippen LogP contribution in [0.3, 0.4) is 0 Å². The van der Waals surface area contributed by atoms with Crippen molar-refractivity contribution < 1.29 is 9.21 Å². The van der Waals surface area contributed by atoms with E-state index in [-0.39, 0.29) is 11.6 Å². The second-order valence-corrected chi connectivity index (χ2v) is 4.82. The van der Waals surface area contributed by atoms with Gasteiger partial charge >= 0.3 is 0 Å². The van der Waals surface area contributed by atoms with Crippen molar-refractivity contribution in [2.75, 3.05) is 5.32 Å². The number of rotatable bonds is 2. The van der Waals surface area contributed by atoms with E-state index >= 15 is 0 Å². The predicted molar refractivity (Wildman–Crippen MR) is 77.9 cm³/mol. The van der Waals surface area contributed by atoms with E-state index in [4.69, 9.17) is 27.6 Å². The molecule has 2 aromatic rings. The van der Waals surface area contributed by atoms with Crippen LogP contribution in [0.25, 0.3) is 0 Å². The molecule has 1 aliphatic heterocycles. The molecular weight excluding hydrogens is 301 g/mol. The highest BCUT2D eigenvalue weighted by molar-refractivity contribution is 6.56. The third-order valence-corrected chi connectivity index (χ3v) is 3.17. The van der Waals surface area contributed by atoms with Gasteiger partial charge in [0.15, 0.2) is 5.71 Å². The molecule has 5 nitrogen and oxygen atoms in total. The summed E-state index contributed by atoms with van der Waals surface area (Å²) in [5.41, 5.74) is 1.18. The summed E-state index contributed by atoms with van der Waals surface area (Å²) >= 11 is 11.9. The lowest BCUT2D eigenvalue weighted by Crippen LogP contribution is -2.13. The summed E-state index contributed by atoms with van der Waals surface area (Å²) in [5, 5.41) is 11.1. The van der Waals surface area contributed by atoms with Gasteiger partial charge in [-0.2, -0.15) is 5.10 Å². The summed E-state index contributed by atoms with van der Waals surface area (Å²) in [4.78, 5) is 11.8. The Hall–Kier alpha value is -2.11. The first kappa shape index (κ1) is 12.9. The van der Waals surface area contributed by atoms with Crippen LogP contribution in [0.5, 0.6) is 0 Å². The number of hydrogen-bond acceptors (Lipinski definition) is 4. The van der Waals surface area contributed by atoms with E-state index < -0.39 is 0 Å². The van der Waals surface area contributed by atoms with Crippen LogP contribution in [0, 0.1) is 0 Å². The molecule has 0 aliphatic carbocycles. The first-order valence-electron chi connectivity index (χ1n) is 5.60. The van der Waals surface area contributed by atoms with Gasteiger partial charge in [-0.1, -0.05) is 23.2 Å². The molecule has 100 valence electrons. The average molecular weight is 308 g/mol. The molecule has 1 aromatic heterocycles. The number of carbonyl (C=O) groups is 1. The van der Waals surface area contributed by atoms with Crippen molar-refractivity contribution in [1.29, 1.82) is 0 Å². The maximum absolute atomic E-state index is 11.8. The van der Waals surface area contributed by atoms with E-state index in [1.165, 1.54) is 12.5 Å². The molecule has 1 amide bonds. The van der Waals surface area contributed by atoms with Gasteiger partial charge in [-0.15, -0.1) is 5.10 Å².